The van der Waals surface area contributed by atoms with E-state index >= 15 is 0 Å². The van der Waals surface area contributed by atoms with Gasteiger partial charge in [0.25, 0.3) is 5.69 Å². The van der Waals surface area contributed by atoms with Crippen molar-refractivity contribution in [2.45, 2.75) is 32.4 Å². The summed E-state index contributed by atoms with van der Waals surface area (Å²) in [6, 6.07) is 5.40. The molecule has 19 heavy (non-hydrogen) atoms. The predicted octanol–water partition coefficient (Wildman–Crippen LogP) is 3.36. The van der Waals surface area contributed by atoms with Crippen molar-refractivity contribution < 1.29 is 9.66 Å². The number of hydrogen-bond donors (Lipinski definition) is 0. The van der Waals surface area contributed by atoms with Crippen LogP contribution in [0.2, 0.25) is 0 Å². The summed E-state index contributed by atoms with van der Waals surface area (Å²) >= 11 is 3.29. The monoisotopic (exact) mass is 328 g/mol. The Balaban J connectivity index is 2.40. The Hall–Kier alpha value is -1.14. The fourth-order valence-corrected chi connectivity index (χ4v) is 2.71. The third-order valence-corrected chi connectivity index (χ3v) is 3.88. The number of halogens is 1. The molecule has 0 aromatic heterocycles. The molecular formula is C13H17BrN2O3. The molecule has 1 fully saturated rings. The van der Waals surface area contributed by atoms with Crippen LogP contribution in [0.5, 0.6) is 0 Å². The summed E-state index contributed by atoms with van der Waals surface area (Å²) in [6.45, 7) is 5.36. The Bertz CT molecular complexity index is 481. The van der Waals surface area contributed by atoms with E-state index in [9.17, 15) is 10.1 Å². The molecule has 1 aliphatic heterocycles. The van der Waals surface area contributed by atoms with Crippen molar-refractivity contribution in [3.05, 3.63) is 32.8 Å². The van der Waals surface area contributed by atoms with Crippen molar-refractivity contribution in [2.75, 3.05) is 18.1 Å². The third kappa shape index (κ3) is 3.06. The molecule has 1 heterocycles. The highest BCUT2D eigenvalue weighted by Crippen LogP contribution is 2.34. The quantitative estimate of drug-likeness (QED) is 0.630. The highest BCUT2D eigenvalue weighted by molar-refractivity contribution is 9.10. The first kappa shape index (κ1) is 14.3. The smallest absolute Gasteiger partial charge is 0.293 e. The van der Waals surface area contributed by atoms with Gasteiger partial charge in [0.05, 0.1) is 23.7 Å². The number of benzene rings is 1. The van der Waals surface area contributed by atoms with Gasteiger partial charge in [0.1, 0.15) is 5.69 Å². The molecule has 0 aliphatic carbocycles. The first-order valence-corrected chi connectivity index (χ1v) is 7.14. The molecule has 0 bridgehead atoms. The Morgan fingerprint density at radius 3 is 2.95 bits per heavy atom. The first-order chi connectivity index (χ1) is 9.02. The number of anilines is 1. The molecule has 1 aromatic rings. The molecule has 2 atom stereocenters. The first-order valence-electron chi connectivity index (χ1n) is 6.35. The summed E-state index contributed by atoms with van der Waals surface area (Å²) in [5.41, 5.74) is 0.817. The van der Waals surface area contributed by atoms with Crippen molar-refractivity contribution >= 4 is 27.3 Å². The van der Waals surface area contributed by atoms with Crippen LogP contribution >= 0.6 is 15.9 Å². The minimum Gasteiger partial charge on any atom is -0.375 e. The van der Waals surface area contributed by atoms with Gasteiger partial charge in [-0.25, -0.2) is 0 Å². The summed E-state index contributed by atoms with van der Waals surface area (Å²) < 4.78 is 6.36. The molecule has 0 amide bonds. The van der Waals surface area contributed by atoms with Gasteiger partial charge in [-0.1, -0.05) is 22.9 Å². The van der Waals surface area contributed by atoms with E-state index in [4.69, 9.17) is 4.74 Å². The number of ether oxygens (including phenoxy) is 1. The zero-order valence-corrected chi connectivity index (χ0v) is 12.6. The van der Waals surface area contributed by atoms with Crippen molar-refractivity contribution in [3.8, 4) is 0 Å². The Morgan fingerprint density at radius 2 is 2.32 bits per heavy atom. The zero-order valence-electron chi connectivity index (χ0n) is 11.0. The number of nitro benzene ring substituents is 1. The van der Waals surface area contributed by atoms with Gasteiger partial charge in [0.2, 0.25) is 0 Å². The Morgan fingerprint density at radius 1 is 1.58 bits per heavy atom. The molecule has 0 spiro atoms. The van der Waals surface area contributed by atoms with E-state index in [1.165, 1.54) is 0 Å². The molecular weight excluding hydrogens is 312 g/mol. The second-order valence-electron chi connectivity index (χ2n) is 4.75. The normalized spacial score (nSPS) is 23.4. The van der Waals surface area contributed by atoms with Crippen LogP contribution < -0.4 is 4.90 Å². The number of rotatable bonds is 3. The molecule has 1 aromatic carbocycles. The molecule has 1 saturated heterocycles. The molecule has 104 valence electrons. The van der Waals surface area contributed by atoms with Crippen LogP contribution in [0.1, 0.15) is 20.3 Å². The molecule has 6 heteroatoms. The van der Waals surface area contributed by atoms with Gasteiger partial charge < -0.3 is 9.64 Å². The highest BCUT2D eigenvalue weighted by Gasteiger charge is 2.30. The predicted molar refractivity (Wildman–Crippen MR) is 77.6 cm³/mol. The lowest BCUT2D eigenvalue weighted by Crippen LogP contribution is -2.48. The fourth-order valence-electron chi connectivity index (χ4n) is 2.36. The van der Waals surface area contributed by atoms with Crippen molar-refractivity contribution in [1.29, 1.82) is 0 Å². The highest BCUT2D eigenvalue weighted by atomic mass is 79.9. The largest absolute Gasteiger partial charge is 0.375 e. The lowest BCUT2D eigenvalue weighted by Gasteiger charge is -2.39. The number of morpholine rings is 1. The maximum atomic E-state index is 11.2. The molecule has 2 rings (SSSR count). The van der Waals surface area contributed by atoms with E-state index in [0.717, 1.165) is 10.9 Å². The lowest BCUT2D eigenvalue weighted by molar-refractivity contribution is -0.384. The van der Waals surface area contributed by atoms with Gasteiger partial charge in [-0.05, 0) is 25.5 Å². The molecule has 1 aliphatic rings. The molecule has 0 saturated carbocycles. The number of nitro groups is 1. The van der Waals surface area contributed by atoms with Gasteiger partial charge in [0, 0.05) is 17.1 Å². The van der Waals surface area contributed by atoms with E-state index in [0.29, 0.717) is 18.8 Å². The van der Waals surface area contributed by atoms with Crippen LogP contribution in [0.25, 0.3) is 0 Å². The van der Waals surface area contributed by atoms with Crippen LogP contribution in [0, 0.1) is 10.1 Å². The summed E-state index contributed by atoms with van der Waals surface area (Å²) in [7, 11) is 0. The van der Waals surface area contributed by atoms with Gasteiger partial charge in [-0.15, -0.1) is 0 Å². The number of hydrogen-bond acceptors (Lipinski definition) is 4. The van der Waals surface area contributed by atoms with Gasteiger partial charge in [-0.3, -0.25) is 10.1 Å². The second-order valence-corrected chi connectivity index (χ2v) is 5.66. The van der Waals surface area contributed by atoms with Gasteiger partial charge in [0.15, 0.2) is 0 Å². The SMILES string of the molecule is CCC1COC(C)CN1c1ccc(Br)cc1[N+](=O)[O-]. The van der Waals surface area contributed by atoms with E-state index in [1.807, 2.05) is 19.1 Å². The summed E-state index contributed by atoms with van der Waals surface area (Å²) in [5.74, 6) is 0. The van der Waals surface area contributed by atoms with Crippen LogP contribution in [0.4, 0.5) is 11.4 Å². The van der Waals surface area contributed by atoms with Crippen LogP contribution in [0.15, 0.2) is 22.7 Å². The minimum atomic E-state index is -0.326. The van der Waals surface area contributed by atoms with E-state index in [1.54, 1.807) is 6.07 Å². The van der Waals surface area contributed by atoms with Crippen molar-refractivity contribution in [1.82, 2.24) is 0 Å². The lowest BCUT2D eigenvalue weighted by atomic mass is 10.1. The van der Waals surface area contributed by atoms with Crippen LogP contribution in [-0.4, -0.2) is 30.2 Å². The summed E-state index contributed by atoms with van der Waals surface area (Å²) in [5, 5.41) is 11.2. The topological polar surface area (TPSA) is 55.6 Å². The van der Waals surface area contributed by atoms with E-state index in [2.05, 4.69) is 27.8 Å². The van der Waals surface area contributed by atoms with Crippen molar-refractivity contribution in [2.24, 2.45) is 0 Å². The average Bonchev–Trinajstić information content (AvgIpc) is 2.38. The zero-order chi connectivity index (χ0) is 14.0. The molecule has 2 unspecified atom stereocenters. The molecule has 5 nitrogen and oxygen atoms in total. The van der Waals surface area contributed by atoms with Gasteiger partial charge >= 0.3 is 0 Å². The molecule has 0 radical (unpaired) electrons. The number of nitrogens with zero attached hydrogens (tertiary/aromatic N) is 2. The van der Waals surface area contributed by atoms with E-state index in [-0.39, 0.29) is 22.8 Å². The molecule has 0 N–H and O–H groups in total. The average molecular weight is 329 g/mol. The van der Waals surface area contributed by atoms with Gasteiger partial charge in [-0.2, -0.15) is 0 Å². The maximum absolute atomic E-state index is 11.2. The van der Waals surface area contributed by atoms with E-state index < -0.39 is 0 Å². The van der Waals surface area contributed by atoms with Crippen molar-refractivity contribution in [3.63, 3.8) is 0 Å². The summed E-state index contributed by atoms with van der Waals surface area (Å²) in [6.07, 6.45) is 0.992. The standard InChI is InChI=1S/C13H17BrN2O3/c1-3-11-8-19-9(2)7-15(11)12-5-4-10(14)6-13(12)16(17)18/h4-6,9,11H,3,7-8H2,1-2H3. The third-order valence-electron chi connectivity index (χ3n) is 3.38. The Labute approximate surface area is 120 Å². The Kier molecular flexibility index (Phi) is 4.42. The fraction of sp³-hybridized carbons (Fsp3) is 0.538. The second kappa shape index (κ2) is 5.88. The summed E-state index contributed by atoms with van der Waals surface area (Å²) in [4.78, 5) is 13.0. The minimum absolute atomic E-state index is 0.0889. The van der Waals surface area contributed by atoms with Crippen LogP contribution in [-0.2, 0) is 4.74 Å². The van der Waals surface area contributed by atoms with Crippen LogP contribution in [0.3, 0.4) is 0 Å². The maximum Gasteiger partial charge on any atom is 0.293 e.